The molecule has 8 heteroatoms. The van der Waals surface area contributed by atoms with Crippen LogP contribution in [0, 0.1) is 17.1 Å². The van der Waals surface area contributed by atoms with Crippen molar-refractivity contribution in [2.75, 3.05) is 17.2 Å². The van der Waals surface area contributed by atoms with Gasteiger partial charge < -0.3 is 9.80 Å². The second-order valence-corrected chi connectivity index (χ2v) is 9.55. The van der Waals surface area contributed by atoms with Gasteiger partial charge in [0.1, 0.15) is 5.82 Å². The van der Waals surface area contributed by atoms with Gasteiger partial charge in [-0.2, -0.15) is 5.26 Å². The highest BCUT2D eigenvalue weighted by Crippen LogP contribution is 2.55. The molecule has 0 N–H and O–H groups in total. The lowest BCUT2D eigenvalue weighted by Crippen LogP contribution is -2.50. The second-order valence-electron chi connectivity index (χ2n) is 7.82. The summed E-state index contributed by atoms with van der Waals surface area (Å²) in [4.78, 5) is 29.2. The number of rotatable bonds is 3. The number of carbonyl (C=O) groups is 2. The Balaban J connectivity index is 1.60. The first-order valence-corrected chi connectivity index (χ1v) is 11.6. The van der Waals surface area contributed by atoms with Gasteiger partial charge in [-0.1, -0.05) is 29.8 Å². The lowest BCUT2D eigenvalue weighted by Gasteiger charge is -2.33. The van der Waals surface area contributed by atoms with Gasteiger partial charge in [-0.05, 0) is 54.1 Å². The molecule has 0 aromatic heterocycles. The molecule has 0 bridgehead atoms. The molecule has 1 spiro atoms. The highest BCUT2D eigenvalue weighted by Gasteiger charge is 2.59. The van der Waals surface area contributed by atoms with Crippen LogP contribution in [0.1, 0.15) is 27.0 Å². The van der Waals surface area contributed by atoms with Crippen LogP contribution < -0.4 is 4.90 Å². The minimum atomic E-state index is -1.36. The zero-order chi connectivity index (χ0) is 23.2. The lowest BCUT2D eigenvalue weighted by molar-refractivity contribution is -0.123. The molecule has 0 saturated carbocycles. The van der Waals surface area contributed by atoms with E-state index in [1.165, 1.54) is 28.8 Å². The molecular weight excluding hydrogens is 461 g/mol. The normalized spacial score (nSPS) is 19.1. The van der Waals surface area contributed by atoms with Gasteiger partial charge in [0.25, 0.3) is 11.8 Å². The summed E-state index contributed by atoms with van der Waals surface area (Å²) in [7, 11) is 0. The summed E-state index contributed by atoms with van der Waals surface area (Å²) in [6.07, 6.45) is 0. The Morgan fingerprint density at radius 3 is 2.76 bits per heavy atom. The lowest BCUT2D eigenvalue weighted by atomic mass is 10.0. The van der Waals surface area contributed by atoms with E-state index < -0.39 is 10.7 Å². The van der Waals surface area contributed by atoms with Gasteiger partial charge in [0.2, 0.25) is 0 Å². The van der Waals surface area contributed by atoms with Crippen molar-refractivity contribution in [3.63, 3.8) is 0 Å². The van der Waals surface area contributed by atoms with Crippen LogP contribution in [-0.2, 0) is 16.2 Å². The summed E-state index contributed by atoms with van der Waals surface area (Å²) in [5.74, 6) is -0.578. The molecule has 1 atom stereocenters. The Hall–Kier alpha value is -3.34. The van der Waals surface area contributed by atoms with E-state index in [4.69, 9.17) is 11.6 Å². The number of amides is 2. The highest BCUT2D eigenvalue weighted by molar-refractivity contribution is 8.01. The smallest absolute Gasteiger partial charge is 0.268 e. The fourth-order valence-electron chi connectivity index (χ4n) is 4.44. The number of thioether (sulfide) groups is 1. The first-order valence-electron chi connectivity index (χ1n) is 10.3. The maximum Gasteiger partial charge on any atom is 0.268 e. The summed E-state index contributed by atoms with van der Waals surface area (Å²) in [6.45, 7) is 0.546. The molecule has 1 saturated heterocycles. The van der Waals surface area contributed by atoms with Gasteiger partial charge in [-0.25, -0.2) is 4.39 Å². The van der Waals surface area contributed by atoms with Crippen LogP contribution >= 0.6 is 23.4 Å². The van der Waals surface area contributed by atoms with Crippen LogP contribution in [0.15, 0.2) is 66.7 Å². The van der Waals surface area contributed by atoms with Crippen molar-refractivity contribution in [1.29, 1.82) is 5.26 Å². The maximum absolute atomic E-state index is 14.4. The molecule has 1 fully saturated rings. The number of halogens is 2. The number of benzene rings is 3. The zero-order valence-corrected chi connectivity index (χ0v) is 18.9. The molecule has 2 heterocycles. The van der Waals surface area contributed by atoms with Crippen LogP contribution in [-0.4, -0.2) is 29.0 Å². The minimum absolute atomic E-state index is 0.203. The van der Waals surface area contributed by atoms with Gasteiger partial charge in [-0.3, -0.25) is 9.59 Å². The molecule has 2 aliphatic heterocycles. The Kier molecular flexibility index (Phi) is 5.35. The standard InChI is InChI=1S/C25H17ClFN3O2S/c26-19-6-2-5-18(12-19)23(31)30-9-10-33-25(30)21-13-20(27)7-8-22(21)29(24(25)32)15-17-4-1-3-16(11-17)14-28/h1-8,11-13H,9-10,15H2/t25-/m1/s1. The van der Waals surface area contributed by atoms with E-state index in [1.54, 1.807) is 53.4 Å². The van der Waals surface area contributed by atoms with Crippen LogP contribution in [0.25, 0.3) is 0 Å². The maximum atomic E-state index is 14.4. The fourth-order valence-corrected chi connectivity index (χ4v) is 6.09. The van der Waals surface area contributed by atoms with Crippen LogP contribution in [0.2, 0.25) is 5.02 Å². The zero-order valence-electron chi connectivity index (χ0n) is 17.3. The van der Waals surface area contributed by atoms with E-state index >= 15 is 0 Å². The molecule has 0 aliphatic carbocycles. The number of fused-ring (bicyclic) bond motifs is 2. The Bertz CT molecular complexity index is 1340. The van der Waals surface area contributed by atoms with E-state index in [0.717, 1.165) is 5.56 Å². The van der Waals surface area contributed by atoms with E-state index in [1.807, 2.05) is 6.07 Å². The number of nitriles is 1. The van der Waals surface area contributed by atoms with E-state index in [9.17, 15) is 19.2 Å². The average Bonchev–Trinajstić information content (AvgIpc) is 3.36. The van der Waals surface area contributed by atoms with Gasteiger partial charge in [0.15, 0.2) is 4.87 Å². The molecule has 0 radical (unpaired) electrons. The number of hydrogen-bond donors (Lipinski definition) is 0. The van der Waals surface area contributed by atoms with Crippen LogP contribution in [0.4, 0.5) is 10.1 Å². The van der Waals surface area contributed by atoms with E-state index in [-0.39, 0.29) is 18.4 Å². The molecule has 0 unspecified atom stereocenters. The monoisotopic (exact) mass is 477 g/mol. The molecule has 3 aromatic rings. The number of hydrogen-bond acceptors (Lipinski definition) is 4. The number of anilines is 1. The average molecular weight is 478 g/mol. The molecular formula is C25H17ClFN3O2S. The van der Waals surface area contributed by atoms with Crippen LogP contribution in [0.3, 0.4) is 0 Å². The van der Waals surface area contributed by atoms with E-state index in [0.29, 0.717) is 39.7 Å². The van der Waals surface area contributed by atoms with Gasteiger partial charge in [-0.15, -0.1) is 11.8 Å². The minimum Gasteiger partial charge on any atom is -0.311 e. The third kappa shape index (κ3) is 3.47. The predicted molar refractivity (Wildman–Crippen MR) is 125 cm³/mol. The van der Waals surface area contributed by atoms with Crippen molar-refractivity contribution in [3.05, 3.63) is 99.8 Å². The molecule has 5 rings (SSSR count). The first kappa shape index (κ1) is 21.5. The van der Waals surface area contributed by atoms with Gasteiger partial charge in [0, 0.05) is 28.4 Å². The third-order valence-corrected chi connectivity index (χ3v) is 7.52. The number of carbonyl (C=O) groups excluding carboxylic acids is 2. The Morgan fingerprint density at radius 2 is 1.97 bits per heavy atom. The molecule has 2 amide bonds. The van der Waals surface area contributed by atoms with Crippen molar-refractivity contribution in [1.82, 2.24) is 4.90 Å². The Labute approximate surface area is 199 Å². The summed E-state index contributed by atoms with van der Waals surface area (Å²) < 4.78 is 14.4. The quantitative estimate of drug-likeness (QED) is 0.536. The highest BCUT2D eigenvalue weighted by atomic mass is 35.5. The second kappa shape index (κ2) is 8.22. The summed E-state index contributed by atoms with van der Waals surface area (Å²) in [5, 5.41) is 9.65. The summed E-state index contributed by atoms with van der Waals surface area (Å²) >= 11 is 7.42. The van der Waals surface area contributed by atoms with Crippen molar-refractivity contribution < 1.29 is 14.0 Å². The molecule has 5 nitrogen and oxygen atoms in total. The molecule has 164 valence electrons. The Morgan fingerprint density at radius 1 is 1.15 bits per heavy atom. The largest absolute Gasteiger partial charge is 0.311 e. The van der Waals surface area contributed by atoms with Crippen LogP contribution in [0.5, 0.6) is 0 Å². The first-order chi connectivity index (χ1) is 15.9. The van der Waals surface area contributed by atoms with Gasteiger partial charge in [0.05, 0.1) is 23.9 Å². The third-order valence-electron chi connectivity index (χ3n) is 5.87. The van der Waals surface area contributed by atoms with Crippen molar-refractivity contribution in [2.45, 2.75) is 11.4 Å². The summed E-state index contributed by atoms with van der Waals surface area (Å²) in [5.41, 5.74) is 2.64. The van der Waals surface area contributed by atoms with Crippen molar-refractivity contribution in [3.8, 4) is 6.07 Å². The summed E-state index contributed by atoms with van der Waals surface area (Å²) in [6, 6.07) is 19.9. The SMILES string of the molecule is N#Cc1cccc(CN2C(=O)[C@]3(SCCN3C(=O)c3cccc(Cl)c3)c3cc(F)ccc32)c1. The molecule has 33 heavy (non-hydrogen) atoms. The molecule has 2 aliphatic rings. The van der Waals surface area contributed by atoms with E-state index in [2.05, 4.69) is 6.07 Å². The van der Waals surface area contributed by atoms with Gasteiger partial charge >= 0.3 is 0 Å². The fraction of sp³-hybridized carbons (Fsp3) is 0.160. The van der Waals surface area contributed by atoms with Crippen molar-refractivity contribution in [2.24, 2.45) is 0 Å². The molecule has 3 aromatic carbocycles. The number of nitrogens with zero attached hydrogens (tertiary/aromatic N) is 3. The predicted octanol–water partition coefficient (Wildman–Crippen LogP) is 4.94. The topological polar surface area (TPSA) is 64.4 Å². The van der Waals surface area contributed by atoms with Crippen molar-refractivity contribution >= 4 is 40.9 Å².